The smallest absolute Gasteiger partial charge is 0.255 e. The quantitative estimate of drug-likeness (QED) is 0.409. The van der Waals surface area contributed by atoms with Gasteiger partial charge in [-0.2, -0.15) is 0 Å². The first-order valence-electron chi connectivity index (χ1n) is 11.6. The maximum Gasteiger partial charge on any atom is 0.255 e. The first-order chi connectivity index (χ1) is 17.0. The Kier molecular flexibility index (Phi) is 5.22. The maximum atomic E-state index is 13.7. The number of carbonyl (C=O) groups is 3. The molecule has 1 amide bonds. The number of benzene rings is 2. The summed E-state index contributed by atoms with van der Waals surface area (Å²) in [4.78, 5) is 39.8. The molecule has 0 heterocycles. The van der Waals surface area contributed by atoms with E-state index in [0.29, 0.717) is 16.7 Å². The number of nitrogens with two attached hydrogens (primary N) is 1. The molecule has 3 aliphatic carbocycles. The number of anilines is 1. The lowest BCUT2D eigenvalue weighted by molar-refractivity contribution is -0.147. The highest BCUT2D eigenvalue weighted by atomic mass is 16.3. The van der Waals surface area contributed by atoms with E-state index in [2.05, 4.69) is 0 Å². The number of aromatic hydroxyl groups is 1. The number of Topliss-reactive ketones (excluding diaryl/α,β-unsaturated/α-hetero) is 2. The van der Waals surface area contributed by atoms with Crippen LogP contribution >= 0.6 is 0 Å². The van der Waals surface area contributed by atoms with Gasteiger partial charge in [-0.05, 0) is 36.0 Å². The third-order valence-electron chi connectivity index (χ3n) is 7.61. The van der Waals surface area contributed by atoms with Crippen molar-refractivity contribution in [2.45, 2.75) is 24.9 Å². The molecular formula is C27H26N2O7. The number of fused-ring (bicyclic) bond motifs is 3. The van der Waals surface area contributed by atoms with Crippen molar-refractivity contribution < 1.29 is 34.8 Å². The Morgan fingerprint density at radius 3 is 2.36 bits per heavy atom. The van der Waals surface area contributed by atoms with Gasteiger partial charge in [-0.25, -0.2) is 0 Å². The van der Waals surface area contributed by atoms with Gasteiger partial charge >= 0.3 is 0 Å². The molecule has 0 aromatic heterocycles. The van der Waals surface area contributed by atoms with Gasteiger partial charge in [0.1, 0.15) is 22.8 Å². The summed E-state index contributed by atoms with van der Waals surface area (Å²) in [5.74, 6) is -6.36. The van der Waals surface area contributed by atoms with E-state index in [-0.39, 0.29) is 36.1 Å². The number of nitrogens with zero attached hydrogens (tertiary/aromatic N) is 1. The number of carbonyl (C=O) groups excluding carboxylic acids is 3. The highest BCUT2D eigenvalue weighted by molar-refractivity contribution is 6.22. The number of rotatable bonds is 3. The standard InChI is InChI=1S/C27H26N2O7/c1-29(2)17-11-15(12-6-4-3-5-7-12)22(31)20-16(17)9-13-8-14-10-18(30)21(26(28)35)25(34)27(14,36)24(33)19(13)23(20)32/h3-7,11,13-14,31-32,34,36H,8-10H2,1-2H3,(H2,28,35). The Morgan fingerprint density at radius 1 is 1.08 bits per heavy atom. The molecule has 2 aromatic carbocycles. The molecule has 3 unspecified atom stereocenters. The summed E-state index contributed by atoms with van der Waals surface area (Å²) in [5, 5.41) is 44.8. The molecule has 3 atom stereocenters. The average molecular weight is 491 g/mol. The van der Waals surface area contributed by atoms with Gasteiger partial charge in [-0.3, -0.25) is 14.4 Å². The normalized spacial score (nSPS) is 25.3. The van der Waals surface area contributed by atoms with E-state index in [1.54, 1.807) is 0 Å². The van der Waals surface area contributed by atoms with Gasteiger partial charge in [0, 0.05) is 43.3 Å². The molecule has 36 heavy (non-hydrogen) atoms. The SMILES string of the molecule is CN(C)c1cc(-c2ccccc2)c(O)c2c1CC1CC3CC(=O)C(C(N)=O)=C(O)C3(O)C(=O)C1=C2O. The molecule has 9 heteroatoms. The predicted octanol–water partition coefficient (Wildman–Crippen LogP) is 2.16. The van der Waals surface area contributed by atoms with Gasteiger partial charge in [0.2, 0.25) is 5.78 Å². The van der Waals surface area contributed by atoms with Crippen molar-refractivity contribution in [2.24, 2.45) is 17.6 Å². The lowest BCUT2D eigenvalue weighted by Crippen LogP contribution is -2.58. The molecule has 3 aliphatic rings. The summed E-state index contributed by atoms with van der Waals surface area (Å²) in [6.45, 7) is 0. The van der Waals surface area contributed by atoms with Gasteiger partial charge in [0.25, 0.3) is 5.91 Å². The molecule has 6 N–H and O–H groups in total. The second-order valence-electron chi connectivity index (χ2n) is 9.81. The second-order valence-corrected chi connectivity index (χ2v) is 9.81. The van der Waals surface area contributed by atoms with E-state index in [9.17, 15) is 34.8 Å². The minimum absolute atomic E-state index is 0.0761. The number of phenolic OH excluding ortho intramolecular Hbond substituents is 1. The minimum Gasteiger partial charge on any atom is -0.508 e. The molecule has 0 aliphatic heterocycles. The Morgan fingerprint density at radius 2 is 1.75 bits per heavy atom. The van der Waals surface area contributed by atoms with Crippen LogP contribution in [-0.4, -0.2) is 57.6 Å². The Hall–Kier alpha value is -4.11. The fraction of sp³-hybridized carbons (Fsp3) is 0.296. The summed E-state index contributed by atoms with van der Waals surface area (Å²) in [5.41, 5.74) is 4.28. The van der Waals surface area contributed by atoms with Crippen LogP contribution in [0.15, 0.2) is 53.3 Å². The largest absolute Gasteiger partial charge is 0.508 e. The van der Waals surface area contributed by atoms with Crippen molar-refractivity contribution in [3.63, 3.8) is 0 Å². The number of amides is 1. The number of phenols is 1. The molecule has 0 bridgehead atoms. The number of aliphatic hydroxyl groups excluding tert-OH is 2. The van der Waals surface area contributed by atoms with Crippen LogP contribution in [0.2, 0.25) is 0 Å². The summed E-state index contributed by atoms with van der Waals surface area (Å²) in [7, 11) is 3.66. The van der Waals surface area contributed by atoms with E-state index >= 15 is 0 Å². The Bertz CT molecular complexity index is 1410. The lowest BCUT2D eigenvalue weighted by atomic mass is 9.59. The van der Waals surface area contributed by atoms with E-state index in [4.69, 9.17) is 5.73 Å². The van der Waals surface area contributed by atoms with Crippen LogP contribution in [0, 0.1) is 11.8 Å². The van der Waals surface area contributed by atoms with Crippen LogP contribution in [0.25, 0.3) is 16.9 Å². The molecule has 1 fully saturated rings. The molecule has 9 nitrogen and oxygen atoms in total. The van der Waals surface area contributed by atoms with Crippen LogP contribution in [0.5, 0.6) is 5.75 Å². The number of hydrogen-bond acceptors (Lipinski definition) is 8. The Balaban J connectivity index is 1.76. The summed E-state index contributed by atoms with van der Waals surface area (Å²) in [6, 6.07) is 10.9. The summed E-state index contributed by atoms with van der Waals surface area (Å²) in [6.07, 6.45) is 0.00220. The van der Waals surface area contributed by atoms with Crippen molar-refractivity contribution in [3.8, 4) is 16.9 Å². The fourth-order valence-corrected chi connectivity index (χ4v) is 5.91. The van der Waals surface area contributed by atoms with Crippen molar-refractivity contribution in [3.05, 3.63) is 64.4 Å². The van der Waals surface area contributed by atoms with Gasteiger partial charge < -0.3 is 31.1 Å². The first-order valence-corrected chi connectivity index (χ1v) is 11.6. The molecule has 0 saturated heterocycles. The maximum absolute atomic E-state index is 13.7. The van der Waals surface area contributed by atoms with Crippen molar-refractivity contribution >= 4 is 28.9 Å². The van der Waals surface area contributed by atoms with Crippen LogP contribution in [0.3, 0.4) is 0 Å². The van der Waals surface area contributed by atoms with Crippen LogP contribution < -0.4 is 10.6 Å². The zero-order valence-corrected chi connectivity index (χ0v) is 19.8. The second kappa shape index (κ2) is 7.96. The van der Waals surface area contributed by atoms with Gasteiger partial charge in [-0.1, -0.05) is 30.3 Å². The molecular weight excluding hydrogens is 464 g/mol. The van der Waals surface area contributed by atoms with E-state index in [0.717, 1.165) is 5.69 Å². The fourth-order valence-electron chi connectivity index (χ4n) is 5.91. The molecule has 0 radical (unpaired) electrons. The van der Waals surface area contributed by atoms with Gasteiger partial charge in [0.05, 0.1) is 5.56 Å². The van der Waals surface area contributed by atoms with Crippen LogP contribution in [0.1, 0.15) is 24.0 Å². The van der Waals surface area contributed by atoms with Gasteiger partial charge in [-0.15, -0.1) is 0 Å². The van der Waals surface area contributed by atoms with E-state index in [1.807, 2.05) is 55.4 Å². The Labute approximate surface area is 206 Å². The summed E-state index contributed by atoms with van der Waals surface area (Å²) >= 11 is 0. The topological polar surface area (TPSA) is 161 Å². The molecule has 186 valence electrons. The van der Waals surface area contributed by atoms with Crippen molar-refractivity contribution in [2.75, 3.05) is 19.0 Å². The average Bonchev–Trinajstić information content (AvgIpc) is 2.81. The zero-order valence-electron chi connectivity index (χ0n) is 19.8. The van der Waals surface area contributed by atoms with E-state index in [1.165, 1.54) is 0 Å². The molecule has 5 rings (SSSR count). The van der Waals surface area contributed by atoms with E-state index < -0.39 is 52.0 Å². The molecule has 0 spiro atoms. The predicted molar refractivity (Wildman–Crippen MR) is 131 cm³/mol. The first kappa shape index (κ1) is 23.6. The molecule has 2 aromatic rings. The highest BCUT2D eigenvalue weighted by Crippen LogP contribution is 2.54. The number of primary amides is 1. The number of aliphatic hydroxyl groups is 3. The molecule has 1 saturated carbocycles. The third kappa shape index (κ3) is 3.09. The third-order valence-corrected chi connectivity index (χ3v) is 7.61. The van der Waals surface area contributed by atoms with Crippen molar-refractivity contribution in [1.82, 2.24) is 0 Å². The van der Waals surface area contributed by atoms with Crippen LogP contribution in [0.4, 0.5) is 5.69 Å². The van der Waals surface area contributed by atoms with Crippen LogP contribution in [-0.2, 0) is 20.8 Å². The van der Waals surface area contributed by atoms with Gasteiger partial charge in [0.15, 0.2) is 11.4 Å². The number of ketones is 2. The zero-order chi connectivity index (χ0) is 26.1. The minimum atomic E-state index is -2.58. The lowest BCUT2D eigenvalue weighted by Gasteiger charge is -2.46. The highest BCUT2D eigenvalue weighted by Gasteiger charge is 2.60. The van der Waals surface area contributed by atoms with Crippen molar-refractivity contribution in [1.29, 1.82) is 0 Å². The number of hydrogen-bond donors (Lipinski definition) is 5. The monoisotopic (exact) mass is 490 g/mol. The summed E-state index contributed by atoms with van der Waals surface area (Å²) < 4.78 is 0.